The summed E-state index contributed by atoms with van der Waals surface area (Å²) in [5.41, 5.74) is 2.61. The van der Waals surface area contributed by atoms with Crippen molar-refractivity contribution in [3.63, 3.8) is 0 Å². The van der Waals surface area contributed by atoms with Crippen molar-refractivity contribution < 1.29 is 9.84 Å². The fourth-order valence-electron chi connectivity index (χ4n) is 1.89. The van der Waals surface area contributed by atoms with Gasteiger partial charge in [-0.25, -0.2) is 0 Å². The third-order valence-corrected chi connectivity index (χ3v) is 2.80. The molecule has 0 fully saturated rings. The number of H-pyrrole nitrogens is 1. The van der Waals surface area contributed by atoms with Crippen LogP contribution in [-0.2, 0) is 0 Å². The number of methoxy groups -OCH3 is 1. The summed E-state index contributed by atoms with van der Waals surface area (Å²) in [6, 6.07) is 7.70. The fraction of sp³-hybridized carbons (Fsp3) is 0.308. The van der Waals surface area contributed by atoms with Gasteiger partial charge in [0.25, 0.3) is 0 Å². The zero-order valence-corrected chi connectivity index (χ0v) is 9.82. The lowest BCUT2D eigenvalue weighted by atomic mass is 10.1. The molecule has 0 bridgehead atoms. The fourth-order valence-corrected chi connectivity index (χ4v) is 1.89. The zero-order chi connectivity index (χ0) is 12.4. The maximum Gasteiger partial charge on any atom is 0.123 e. The number of aliphatic hydroxyl groups excluding tert-OH is 1. The number of aliphatic hydroxyl groups is 1. The van der Waals surface area contributed by atoms with Crippen molar-refractivity contribution >= 4 is 10.9 Å². The van der Waals surface area contributed by atoms with Crippen LogP contribution in [0.15, 0.2) is 18.2 Å². The molecule has 0 aliphatic carbocycles. The van der Waals surface area contributed by atoms with Crippen molar-refractivity contribution in [3.8, 4) is 11.8 Å². The van der Waals surface area contributed by atoms with Crippen LogP contribution in [0.25, 0.3) is 10.9 Å². The van der Waals surface area contributed by atoms with Crippen molar-refractivity contribution in [3.05, 3.63) is 29.5 Å². The second-order valence-corrected chi connectivity index (χ2v) is 4.01. The van der Waals surface area contributed by atoms with Crippen LogP contribution in [0.3, 0.4) is 0 Å². The van der Waals surface area contributed by atoms with Crippen LogP contribution in [0.2, 0.25) is 0 Å². The van der Waals surface area contributed by atoms with E-state index in [-0.39, 0.29) is 6.42 Å². The molecule has 0 radical (unpaired) electrons. The highest BCUT2D eigenvalue weighted by Gasteiger charge is 2.11. The first-order chi connectivity index (χ1) is 8.15. The SMILES string of the molecule is COc1cc2[nH]c(C(O)CC#N)cc2cc1C. The molecule has 4 heteroatoms. The Bertz CT molecular complexity index is 581. The molecule has 17 heavy (non-hydrogen) atoms. The smallest absolute Gasteiger partial charge is 0.123 e. The van der Waals surface area contributed by atoms with E-state index in [1.807, 2.05) is 31.2 Å². The first kappa shape index (κ1) is 11.5. The lowest BCUT2D eigenvalue weighted by molar-refractivity contribution is 0.179. The van der Waals surface area contributed by atoms with Crippen LogP contribution in [0.5, 0.6) is 5.75 Å². The van der Waals surface area contributed by atoms with Crippen LogP contribution in [0.1, 0.15) is 23.8 Å². The minimum absolute atomic E-state index is 0.0862. The van der Waals surface area contributed by atoms with Crippen LogP contribution in [0, 0.1) is 18.3 Å². The molecule has 1 unspecified atom stereocenters. The number of aryl methyl sites for hydroxylation is 1. The Morgan fingerprint density at radius 3 is 2.88 bits per heavy atom. The number of fused-ring (bicyclic) bond motifs is 1. The number of nitrogens with zero attached hydrogens (tertiary/aromatic N) is 1. The predicted octanol–water partition coefficient (Wildman–Crippen LogP) is 2.43. The molecule has 0 saturated heterocycles. The van der Waals surface area contributed by atoms with E-state index >= 15 is 0 Å². The lowest BCUT2D eigenvalue weighted by Crippen LogP contribution is -1.95. The topological polar surface area (TPSA) is 69.0 Å². The largest absolute Gasteiger partial charge is 0.496 e. The number of ether oxygens (including phenoxy) is 1. The summed E-state index contributed by atoms with van der Waals surface area (Å²) in [7, 11) is 1.63. The van der Waals surface area contributed by atoms with Crippen LogP contribution in [-0.4, -0.2) is 17.2 Å². The van der Waals surface area contributed by atoms with E-state index in [1.54, 1.807) is 7.11 Å². The summed E-state index contributed by atoms with van der Waals surface area (Å²) in [5, 5.41) is 19.3. The van der Waals surface area contributed by atoms with E-state index in [2.05, 4.69) is 4.98 Å². The van der Waals surface area contributed by atoms with Crippen LogP contribution < -0.4 is 4.74 Å². The van der Waals surface area contributed by atoms with E-state index in [1.165, 1.54) is 0 Å². The average molecular weight is 230 g/mol. The van der Waals surface area contributed by atoms with Crippen molar-refractivity contribution in [1.82, 2.24) is 4.98 Å². The van der Waals surface area contributed by atoms with Crippen molar-refractivity contribution in [1.29, 1.82) is 5.26 Å². The Balaban J connectivity index is 2.47. The molecule has 2 N–H and O–H groups in total. The molecular weight excluding hydrogens is 216 g/mol. The number of hydrogen-bond acceptors (Lipinski definition) is 3. The molecule has 4 nitrogen and oxygen atoms in total. The van der Waals surface area contributed by atoms with Gasteiger partial charge < -0.3 is 14.8 Å². The summed E-state index contributed by atoms with van der Waals surface area (Å²) in [5.74, 6) is 0.806. The molecule has 88 valence electrons. The number of nitrogens with one attached hydrogen (secondary N) is 1. The van der Waals surface area contributed by atoms with Crippen LogP contribution in [0.4, 0.5) is 0 Å². The lowest BCUT2D eigenvalue weighted by Gasteiger charge is -2.03. The van der Waals surface area contributed by atoms with E-state index < -0.39 is 6.10 Å². The molecule has 1 aromatic heterocycles. The highest BCUT2D eigenvalue weighted by molar-refractivity contribution is 5.83. The highest BCUT2D eigenvalue weighted by atomic mass is 16.5. The first-order valence-electron chi connectivity index (χ1n) is 5.38. The minimum atomic E-state index is -0.765. The quantitative estimate of drug-likeness (QED) is 0.850. The molecule has 2 aromatic rings. The molecule has 2 rings (SSSR count). The Labute approximate surface area is 99.4 Å². The second-order valence-electron chi connectivity index (χ2n) is 4.01. The van der Waals surface area contributed by atoms with Gasteiger partial charge in [-0.3, -0.25) is 0 Å². The molecule has 0 saturated carbocycles. The van der Waals surface area contributed by atoms with Gasteiger partial charge in [-0.15, -0.1) is 0 Å². The number of rotatable bonds is 3. The number of aromatic nitrogens is 1. The van der Waals surface area contributed by atoms with E-state index in [0.29, 0.717) is 5.69 Å². The van der Waals surface area contributed by atoms with Gasteiger partial charge in [-0.05, 0) is 24.6 Å². The second kappa shape index (κ2) is 4.48. The monoisotopic (exact) mass is 230 g/mol. The molecule has 1 aromatic carbocycles. The third kappa shape index (κ3) is 2.10. The standard InChI is InChI=1S/C13H14N2O2/c1-8-5-9-6-11(12(16)3-4-14)15-10(9)7-13(8)17-2/h5-7,12,15-16H,3H2,1-2H3. The summed E-state index contributed by atoms with van der Waals surface area (Å²) in [6.07, 6.45) is -0.679. The Morgan fingerprint density at radius 2 is 2.24 bits per heavy atom. The summed E-state index contributed by atoms with van der Waals surface area (Å²) in [6.45, 7) is 1.97. The summed E-state index contributed by atoms with van der Waals surface area (Å²) in [4.78, 5) is 3.10. The summed E-state index contributed by atoms with van der Waals surface area (Å²) < 4.78 is 5.24. The molecule has 1 heterocycles. The van der Waals surface area contributed by atoms with Gasteiger partial charge in [0.2, 0.25) is 0 Å². The van der Waals surface area contributed by atoms with Crippen molar-refractivity contribution in [2.75, 3.05) is 7.11 Å². The number of aromatic amines is 1. The Morgan fingerprint density at radius 1 is 1.47 bits per heavy atom. The summed E-state index contributed by atoms with van der Waals surface area (Å²) >= 11 is 0. The molecule has 1 atom stereocenters. The third-order valence-electron chi connectivity index (χ3n) is 2.80. The molecule has 0 spiro atoms. The Kier molecular flexibility index (Phi) is 3.03. The maximum atomic E-state index is 9.73. The van der Waals surface area contributed by atoms with Gasteiger partial charge in [0.1, 0.15) is 11.9 Å². The highest BCUT2D eigenvalue weighted by Crippen LogP contribution is 2.28. The molecule has 0 amide bonds. The van der Waals surface area contributed by atoms with Gasteiger partial charge in [-0.1, -0.05) is 0 Å². The molecular formula is C13H14N2O2. The number of benzene rings is 1. The maximum absolute atomic E-state index is 9.73. The van der Waals surface area contributed by atoms with Gasteiger partial charge in [-0.2, -0.15) is 5.26 Å². The number of hydrogen-bond donors (Lipinski definition) is 2. The minimum Gasteiger partial charge on any atom is -0.496 e. The van der Waals surface area contributed by atoms with Gasteiger partial charge in [0.15, 0.2) is 0 Å². The van der Waals surface area contributed by atoms with Crippen LogP contribution >= 0.6 is 0 Å². The average Bonchev–Trinajstić information content (AvgIpc) is 2.71. The number of nitriles is 1. The van der Waals surface area contributed by atoms with E-state index in [0.717, 1.165) is 22.2 Å². The predicted molar refractivity (Wildman–Crippen MR) is 64.8 cm³/mol. The van der Waals surface area contributed by atoms with E-state index in [4.69, 9.17) is 10.00 Å². The molecule has 0 aliphatic rings. The van der Waals surface area contributed by atoms with Gasteiger partial charge >= 0.3 is 0 Å². The Hall–Kier alpha value is -1.99. The van der Waals surface area contributed by atoms with Crippen molar-refractivity contribution in [2.45, 2.75) is 19.4 Å². The molecule has 0 aliphatic heterocycles. The van der Waals surface area contributed by atoms with Gasteiger partial charge in [0.05, 0.1) is 19.6 Å². The van der Waals surface area contributed by atoms with Crippen molar-refractivity contribution in [2.24, 2.45) is 0 Å². The van der Waals surface area contributed by atoms with Gasteiger partial charge in [0, 0.05) is 22.7 Å². The zero-order valence-electron chi connectivity index (χ0n) is 9.82. The normalized spacial score (nSPS) is 12.4. The first-order valence-corrected chi connectivity index (χ1v) is 5.38. The van der Waals surface area contributed by atoms with E-state index in [9.17, 15) is 5.11 Å².